The SMILES string of the molecule is O=C(C1CCN(S(=O)(=O)c2ccc(Cl)c(Cl)c2)CC1)N1CCCC1. The van der Waals surface area contributed by atoms with E-state index in [4.69, 9.17) is 23.2 Å². The zero-order valence-corrected chi connectivity index (χ0v) is 15.6. The highest BCUT2D eigenvalue weighted by atomic mass is 35.5. The Morgan fingerprint density at radius 3 is 2.21 bits per heavy atom. The number of sulfonamides is 1. The van der Waals surface area contributed by atoms with Crippen LogP contribution in [-0.4, -0.2) is 49.7 Å². The van der Waals surface area contributed by atoms with Gasteiger partial charge < -0.3 is 4.90 Å². The minimum absolute atomic E-state index is 0.0663. The van der Waals surface area contributed by atoms with Crippen molar-refractivity contribution in [3.63, 3.8) is 0 Å². The molecule has 2 fully saturated rings. The van der Waals surface area contributed by atoms with Crippen molar-refractivity contribution in [3.8, 4) is 0 Å². The Balaban J connectivity index is 1.67. The van der Waals surface area contributed by atoms with Crippen molar-refractivity contribution in [2.24, 2.45) is 5.92 Å². The largest absolute Gasteiger partial charge is 0.342 e. The Hall–Kier alpha value is -0.820. The number of nitrogens with zero attached hydrogens (tertiary/aromatic N) is 2. The number of carbonyl (C=O) groups excluding carboxylic acids is 1. The molecule has 0 spiro atoms. The van der Waals surface area contributed by atoms with Gasteiger partial charge in [-0.25, -0.2) is 8.42 Å². The third-order valence-corrected chi connectivity index (χ3v) is 7.38. The number of halogens is 2. The summed E-state index contributed by atoms with van der Waals surface area (Å²) in [6.45, 7) is 2.38. The van der Waals surface area contributed by atoms with Crippen LogP contribution in [0.4, 0.5) is 0 Å². The molecule has 0 radical (unpaired) electrons. The van der Waals surface area contributed by atoms with Gasteiger partial charge in [-0.1, -0.05) is 23.2 Å². The smallest absolute Gasteiger partial charge is 0.243 e. The summed E-state index contributed by atoms with van der Waals surface area (Å²) in [7, 11) is -3.60. The van der Waals surface area contributed by atoms with Crippen LogP contribution in [0.2, 0.25) is 10.0 Å². The van der Waals surface area contributed by atoms with Gasteiger partial charge in [-0.15, -0.1) is 0 Å². The molecule has 1 aromatic carbocycles. The number of carbonyl (C=O) groups is 1. The Kier molecular flexibility index (Phi) is 5.39. The molecule has 0 bridgehead atoms. The van der Waals surface area contributed by atoms with Crippen LogP contribution in [0, 0.1) is 5.92 Å². The van der Waals surface area contributed by atoms with E-state index in [1.165, 1.54) is 22.5 Å². The molecule has 0 aliphatic carbocycles. The molecule has 24 heavy (non-hydrogen) atoms. The van der Waals surface area contributed by atoms with E-state index in [9.17, 15) is 13.2 Å². The standard InChI is InChI=1S/C16H20Cl2N2O3S/c17-14-4-3-13(11-15(14)18)24(22,23)20-9-5-12(6-10-20)16(21)19-7-1-2-8-19/h3-4,11-12H,1-2,5-10H2. The van der Waals surface area contributed by atoms with Crippen molar-refractivity contribution in [2.75, 3.05) is 26.2 Å². The van der Waals surface area contributed by atoms with Gasteiger partial charge in [-0.3, -0.25) is 4.79 Å². The minimum Gasteiger partial charge on any atom is -0.342 e. The van der Waals surface area contributed by atoms with Crippen LogP contribution in [0.25, 0.3) is 0 Å². The second-order valence-electron chi connectivity index (χ2n) is 6.29. The molecule has 0 atom stereocenters. The summed E-state index contributed by atoms with van der Waals surface area (Å²) in [5.74, 6) is 0.113. The third kappa shape index (κ3) is 3.57. The fourth-order valence-electron chi connectivity index (χ4n) is 3.33. The number of hydrogen-bond acceptors (Lipinski definition) is 3. The first-order valence-electron chi connectivity index (χ1n) is 8.13. The van der Waals surface area contributed by atoms with E-state index in [0.717, 1.165) is 25.9 Å². The second kappa shape index (κ2) is 7.20. The molecule has 1 aromatic rings. The highest BCUT2D eigenvalue weighted by Gasteiger charge is 2.34. The average molecular weight is 391 g/mol. The van der Waals surface area contributed by atoms with Crippen LogP contribution >= 0.6 is 23.2 Å². The maximum absolute atomic E-state index is 12.7. The van der Waals surface area contributed by atoms with Crippen LogP contribution in [-0.2, 0) is 14.8 Å². The zero-order valence-electron chi connectivity index (χ0n) is 13.2. The van der Waals surface area contributed by atoms with Crippen LogP contribution in [0.5, 0.6) is 0 Å². The average Bonchev–Trinajstić information content (AvgIpc) is 3.11. The van der Waals surface area contributed by atoms with Gasteiger partial charge in [0, 0.05) is 32.1 Å². The van der Waals surface area contributed by atoms with Crippen LogP contribution in [0.15, 0.2) is 23.1 Å². The number of rotatable bonds is 3. The summed E-state index contributed by atoms with van der Waals surface area (Å²) in [4.78, 5) is 14.5. The van der Waals surface area contributed by atoms with E-state index in [1.54, 1.807) is 0 Å². The molecular weight excluding hydrogens is 371 g/mol. The van der Waals surface area contributed by atoms with Gasteiger partial charge in [-0.2, -0.15) is 4.31 Å². The van der Waals surface area contributed by atoms with Gasteiger partial charge in [0.15, 0.2) is 0 Å². The normalized spacial score (nSPS) is 20.5. The molecule has 0 aromatic heterocycles. The first-order chi connectivity index (χ1) is 11.4. The first-order valence-corrected chi connectivity index (χ1v) is 10.3. The van der Waals surface area contributed by atoms with Crippen LogP contribution < -0.4 is 0 Å². The van der Waals surface area contributed by atoms with Gasteiger partial charge in [0.1, 0.15) is 0 Å². The topological polar surface area (TPSA) is 57.7 Å². The number of amides is 1. The lowest BCUT2D eigenvalue weighted by Gasteiger charge is -2.32. The summed E-state index contributed by atoms with van der Waals surface area (Å²) in [6.07, 6.45) is 3.26. The van der Waals surface area contributed by atoms with Crippen LogP contribution in [0.1, 0.15) is 25.7 Å². The summed E-state index contributed by atoms with van der Waals surface area (Å²) < 4.78 is 26.9. The summed E-state index contributed by atoms with van der Waals surface area (Å²) in [6, 6.07) is 4.33. The summed E-state index contributed by atoms with van der Waals surface area (Å²) >= 11 is 11.8. The lowest BCUT2D eigenvalue weighted by Crippen LogP contribution is -2.43. The van der Waals surface area contributed by atoms with Gasteiger partial charge in [0.05, 0.1) is 14.9 Å². The fraction of sp³-hybridized carbons (Fsp3) is 0.562. The molecule has 1 amide bonds. The lowest BCUT2D eigenvalue weighted by molar-refractivity contribution is -0.135. The number of hydrogen-bond donors (Lipinski definition) is 0. The van der Waals surface area contributed by atoms with Crippen LogP contribution in [0.3, 0.4) is 0 Å². The predicted molar refractivity (Wildman–Crippen MR) is 93.8 cm³/mol. The van der Waals surface area contributed by atoms with Crippen molar-refractivity contribution >= 4 is 39.1 Å². The fourth-order valence-corrected chi connectivity index (χ4v) is 5.18. The minimum atomic E-state index is -3.60. The Morgan fingerprint density at radius 2 is 1.62 bits per heavy atom. The zero-order chi connectivity index (χ0) is 17.3. The molecule has 3 rings (SSSR count). The van der Waals surface area contributed by atoms with Gasteiger partial charge in [-0.05, 0) is 43.9 Å². The predicted octanol–water partition coefficient (Wildman–Crippen LogP) is 3.02. The van der Waals surface area contributed by atoms with Crippen molar-refractivity contribution in [1.29, 1.82) is 0 Å². The molecule has 132 valence electrons. The van der Waals surface area contributed by atoms with Crippen molar-refractivity contribution in [1.82, 2.24) is 9.21 Å². The Labute approximate surface area is 152 Å². The van der Waals surface area contributed by atoms with E-state index in [2.05, 4.69) is 0 Å². The van der Waals surface area contributed by atoms with E-state index in [0.29, 0.717) is 31.0 Å². The van der Waals surface area contributed by atoms with Crippen molar-refractivity contribution < 1.29 is 13.2 Å². The molecule has 5 nitrogen and oxygen atoms in total. The highest BCUT2D eigenvalue weighted by molar-refractivity contribution is 7.89. The second-order valence-corrected chi connectivity index (χ2v) is 9.04. The molecule has 2 aliphatic heterocycles. The molecule has 2 heterocycles. The quantitative estimate of drug-likeness (QED) is 0.796. The Bertz CT molecular complexity index is 725. The maximum atomic E-state index is 12.7. The molecule has 0 unspecified atom stereocenters. The molecule has 2 saturated heterocycles. The van der Waals surface area contributed by atoms with Gasteiger partial charge in [0.25, 0.3) is 0 Å². The van der Waals surface area contributed by atoms with Crippen molar-refractivity contribution in [2.45, 2.75) is 30.6 Å². The molecule has 8 heteroatoms. The van der Waals surface area contributed by atoms with E-state index < -0.39 is 10.0 Å². The van der Waals surface area contributed by atoms with E-state index in [-0.39, 0.29) is 21.7 Å². The summed E-state index contributed by atoms with van der Waals surface area (Å²) in [5.41, 5.74) is 0. The Morgan fingerprint density at radius 1 is 1.00 bits per heavy atom. The summed E-state index contributed by atoms with van der Waals surface area (Å²) in [5, 5.41) is 0.544. The monoisotopic (exact) mass is 390 g/mol. The van der Waals surface area contributed by atoms with Gasteiger partial charge in [0.2, 0.25) is 15.9 Å². The maximum Gasteiger partial charge on any atom is 0.243 e. The molecule has 2 aliphatic rings. The molecule has 0 N–H and O–H groups in total. The lowest BCUT2D eigenvalue weighted by atomic mass is 9.97. The van der Waals surface area contributed by atoms with E-state index >= 15 is 0 Å². The number of likely N-dealkylation sites (tertiary alicyclic amines) is 1. The van der Waals surface area contributed by atoms with Gasteiger partial charge >= 0.3 is 0 Å². The number of piperidine rings is 1. The van der Waals surface area contributed by atoms with E-state index in [1.807, 2.05) is 4.90 Å². The number of benzene rings is 1. The molecule has 0 saturated carbocycles. The molecular formula is C16H20Cl2N2O3S. The highest BCUT2D eigenvalue weighted by Crippen LogP contribution is 2.29. The van der Waals surface area contributed by atoms with Crippen molar-refractivity contribution in [3.05, 3.63) is 28.2 Å². The third-order valence-electron chi connectivity index (χ3n) is 4.75. The first kappa shape index (κ1) is 18.0.